The van der Waals surface area contributed by atoms with Crippen LogP contribution >= 0.6 is 15.9 Å². The summed E-state index contributed by atoms with van der Waals surface area (Å²) in [4.78, 5) is 45.3. The summed E-state index contributed by atoms with van der Waals surface area (Å²) in [5, 5.41) is 3.15. The molecule has 1 aliphatic heterocycles. The molecule has 1 aliphatic rings. The topological polar surface area (TPSA) is 111 Å². The minimum absolute atomic E-state index is 0.217. The van der Waals surface area contributed by atoms with Gasteiger partial charge >= 0.3 is 5.69 Å². The Labute approximate surface area is 166 Å². The Morgan fingerprint density at radius 3 is 2.39 bits per heavy atom. The van der Waals surface area contributed by atoms with Crippen LogP contribution in [0.2, 0.25) is 0 Å². The first kappa shape index (κ1) is 16.8. The van der Waals surface area contributed by atoms with E-state index in [0.717, 1.165) is 21.3 Å². The van der Waals surface area contributed by atoms with Gasteiger partial charge in [0.25, 0.3) is 5.56 Å². The van der Waals surface area contributed by atoms with E-state index >= 15 is 0 Å². The number of aromatic amines is 3. The highest BCUT2D eigenvalue weighted by atomic mass is 79.9. The van der Waals surface area contributed by atoms with Crippen LogP contribution in [0.15, 0.2) is 62.6 Å². The Morgan fingerprint density at radius 2 is 1.61 bits per heavy atom. The third-order valence-electron chi connectivity index (χ3n) is 4.94. The fourth-order valence-corrected chi connectivity index (χ4v) is 4.05. The van der Waals surface area contributed by atoms with Crippen molar-refractivity contribution < 1.29 is 4.79 Å². The van der Waals surface area contributed by atoms with Gasteiger partial charge in [-0.3, -0.25) is 19.6 Å². The first-order chi connectivity index (χ1) is 13.5. The number of carbonyl (C=O) groups excluding carboxylic acids is 1. The lowest BCUT2D eigenvalue weighted by molar-refractivity contribution is -0.116. The second-order valence-electron chi connectivity index (χ2n) is 6.59. The van der Waals surface area contributed by atoms with E-state index in [4.69, 9.17) is 0 Å². The lowest BCUT2D eigenvalue weighted by atomic mass is 9.89. The van der Waals surface area contributed by atoms with E-state index in [0.29, 0.717) is 16.9 Å². The Morgan fingerprint density at radius 1 is 0.857 bits per heavy atom. The molecule has 0 fully saturated rings. The minimum Gasteiger partial charge on any atom is -0.340 e. The number of rotatable bonds is 2. The van der Waals surface area contributed by atoms with Crippen molar-refractivity contribution in [1.82, 2.24) is 15.0 Å². The van der Waals surface area contributed by atoms with Gasteiger partial charge in [-0.15, -0.1) is 0 Å². The quantitative estimate of drug-likeness (QED) is 0.387. The van der Waals surface area contributed by atoms with Crippen molar-refractivity contribution in [2.45, 2.75) is 5.92 Å². The molecule has 1 atom stereocenters. The molecule has 0 aliphatic carbocycles. The number of aromatic nitrogens is 3. The summed E-state index contributed by atoms with van der Waals surface area (Å²) >= 11 is 3.41. The number of para-hydroxylation sites is 1. The van der Waals surface area contributed by atoms with Crippen LogP contribution in [0.4, 0.5) is 5.69 Å². The van der Waals surface area contributed by atoms with Crippen molar-refractivity contribution in [1.29, 1.82) is 0 Å². The molecule has 0 unspecified atom stereocenters. The molecule has 138 valence electrons. The van der Waals surface area contributed by atoms with Gasteiger partial charge in [-0.1, -0.05) is 46.3 Å². The number of H-pyrrole nitrogens is 3. The van der Waals surface area contributed by atoms with Crippen molar-refractivity contribution in [3.63, 3.8) is 0 Å². The molecular weight excluding hydrogens is 424 g/mol. The number of nitrogens with one attached hydrogen (secondary N) is 4. The smallest absolute Gasteiger partial charge is 0.327 e. The molecule has 0 spiro atoms. The zero-order valence-corrected chi connectivity index (χ0v) is 15.9. The summed E-state index contributed by atoms with van der Waals surface area (Å²) in [5.74, 6) is -0.887. The van der Waals surface area contributed by atoms with Crippen LogP contribution in [-0.2, 0) is 4.79 Å². The van der Waals surface area contributed by atoms with Gasteiger partial charge in [-0.05, 0) is 29.3 Å². The summed E-state index contributed by atoms with van der Waals surface area (Å²) in [6.07, 6.45) is 0. The van der Waals surface area contributed by atoms with E-state index in [1.54, 1.807) is 0 Å². The summed E-state index contributed by atoms with van der Waals surface area (Å²) < 4.78 is 0.907. The van der Waals surface area contributed by atoms with Crippen molar-refractivity contribution >= 4 is 38.6 Å². The first-order valence-electron chi connectivity index (χ1n) is 8.57. The summed E-state index contributed by atoms with van der Waals surface area (Å²) in [6.45, 7) is 0. The molecule has 1 amide bonds. The van der Waals surface area contributed by atoms with Crippen molar-refractivity contribution in [2.75, 3.05) is 5.32 Å². The highest BCUT2D eigenvalue weighted by Crippen LogP contribution is 2.43. The SMILES string of the molecule is O=C1Nc2ccccc2[C@@H]1c1c(-c2ccc(Br)cc2)[nH]c2[nH]c(=O)[nH]c(=O)c12. The Hall–Kier alpha value is -3.39. The molecule has 5 rings (SSSR count). The predicted octanol–water partition coefficient (Wildman–Crippen LogP) is 3.06. The average molecular weight is 437 g/mol. The number of hydrogen-bond donors (Lipinski definition) is 4. The Kier molecular flexibility index (Phi) is 3.63. The van der Waals surface area contributed by atoms with Crippen LogP contribution in [0.5, 0.6) is 0 Å². The summed E-state index contributed by atoms with van der Waals surface area (Å²) in [7, 11) is 0. The van der Waals surface area contributed by atoms with Crippen molar-refractivity contribution in [3.8, 4) is 11.3 Å². The largest absolute Gasteiger partial charge is 0.340 e. The number of fused-ring (bicyclic) bond motifs is 2. The summed E-state index contributed by atoms with van der Waals surface area (Å²) in [5.41, 5.74) is 2.61. The van der Waals surface area contributed by atoms with Crippen LogP contribution in [0.25, 0.3) is 22.3 Å². The molecule has 0 bridgehead atoms. The molecule has 7 nitrogen and oxygen atoms in total. The van der Waals surface area contributed by atoms with E-state index in [9.17, 15) is 14.4 Å². The second-order valence-corrected chi connectivity index (χ2v) is 7.50. The number of benzene rings is 2. The predicted molar refractivity (Wildman–Crippen MR) is 110 cm³/mol. The van der Waals surface area contributed by atoms with Crippen LogP contribution in [-0.4, -0.2) is 20.9 Å². The lowest BCUT2D eigenvalue weighted by Gasteiger charge is -2.11. The van der Waals surface area contributed by atoms with E-state index in [1.807, 2.05) is 48.5 Å². The third kappa shape index (κ3) is 2.45. The maximum absolute atomic E-state index is 12.9. The van der Waals surface area contributed by atoms with E-state index in [-0.39, 0.29) is 11.3 Å². The zero-order chi connectivity index (χ0) is 19.4. The molecule has 8 heteroatoms. The number of amides is 1. The molecule has 4 N–H and O–H groups in total. The number of carbonyl (C=O) groups is 1. The molecule has 0 saturated heterocycles. The minimum atomic E-state index is -0.671. The molecule has 0 radical (unpaired) electrons. The van der Waals surface area contributed by atoms with E-state index in [1.165, 1.54) is 0 Å². The second kappa shape index (κ2) is 6.07. The van der Waals surface area contributed by atoms with Gasteiger partial charge in [0.1, 0.15) is 5.65 Å². The van der Waals surface area contributed by atoms with Crippen molar-refractivity contribution in [2.24, 2.45) is 0 Å². The number of halogens is 1. The van der Waals surface area contributed by atoms with Crippen LogP contribution < -0.4 is 16.6 Å². The highest BCUT2D eigenvalue weighted by Gasteiger charge is 2.36. The van der Waals surface area contributed by atoms with Gasteiger partial charge in [-0.2, -0.15) is 0 Å². The van der Waals surface area contributed by atoms with Crippen LogP contribution in [0, 0.1) is 0 Å². The molecular formula is C20H13BrN4O3. The normalized spacial score (nSPS) is 15.6. The van der Waals surface area contributed by atoms with Gasteiger partial charge in [0.2, 0.25) is 5.91 Å². The van der Waals surface area contributed by atoms with Gasteiger partial charge in [0, 0.05) is 15.7 Å². The lowest BCUT2D eigenvalue weighted by Crippen LogP contribution is -2.23. The maximum Gasteiger partial charge on any atom is 0.327 e. The van der Waals surface area contributed by atoms with Gasteiger partial charge in [-0.25, -0.2) is 4.79 Å². The van der Waals surface area contributed by atoms with Gasteiger partial charge in [0.15, 0.2) is 0 Å². The molecule has 4 aromatic rings. The fraction of sp³-hybridized carbons (Fsp3) is 0.0500. The molecule has 28 heavy (non-hydrogen) atoms. The zero-order valence-electron chi connectivity index (χ0n) is 14.3. The molecule has 2 aromatic carbocycles. The van der Waals surface area contributed by atoms with Crippen LogP contribution in [0.1, 0.15) is 17.0 Å². The van der Waals surface area contributed by atoms with Gasteiger partial charge in [0.05, 0.1) is 17.0 Å². The van der Waals surface area contributed by atoms with E-state index in [2.05, 4.69) is 36.2 Å². The number of hydrogen-bond acceptors (Lipinski definition) is 3. The molecule has 3 heterocycles. The monoisotopic (exact) mass is 436 g/mol. The van der Waals surface area contributed by atoms with E-state index < -0.39 is 17.2 Å². The maximum atomic E-state index is 12.9. The van der Waals surface area contributed by atoms with Crippen molar-refractivity contribution in [3.05, 3.63) is 85.0 Å². The standard InChI is InChI=1S/C20H13BrN4O3/c21-10-7-5-9(6-8-10)16-14(15-17(23-16)24-20(28)25-19(15)27)13-11-3-1-2-4-12(11)22-18(13)26/h1-8,13H,(H,22,26)(H3,23,24,25,27,28)/t13-/m1/s1. The fourth-order valence-electron chi connectivity index (χ4n) is 3.78. The Balaban J connectivity index is 1.88. The molecule has 2 aromatic heterocycles. The third-order valence-corrected chi connectivity index (χ3v) is 5.47. The molecule has 0 saturated carbocycles. The Bertz CT molecular complexity index is 1360. The number of anilines is 1. The van der Waals surface area contributed by atoms with Crippen LogP contribution in [0.3, 0.4) is 0 Å². The summed E-state index contributed by atoms with van der Waals surface area (Å²) in [6, 6.07) is 14.9. The highest BCUT2D eigenvalue weighted by molar-refractivity contribution is 9.10. The van der Waals surface area contributed by atoms with Gasteiger partial charge < -0.3 is 10.3 Å². The first-order valence-corrected chi connectivity index (χ1v) is 9.36. The average Bonchev–Trinajstić information content (AvgIpc) is 3.19.